The van der Waals surface area contributed by atoms with Crippen LogP contribution in [0.1, 0.15) is 0 Å². The fourth-order valence-electron chi connectivity index (χ4n) is 2.62. The molecule has 150 valence electrons. The number of methoxy groups -OCH3 is 2. The van der Waals surface area contributed by atoms with Crippen molar-refractivity contribution in [3.8, 4) is 22.8 Å². The summed E-state index contributed by atoms with van der Waals surface area (Å²) in [5.74, 6) is -0.0331. The highest BCUT2D eigenvalue weighted by Crippen LogP contribution is 2.31. The lowest BCUT2D eigenvalue weighted by Crippen LogP contribution is -2.29. The molecule has 0 saturated heterocycles. The molecule has 29 heavy (non-hydrogen) atoms. The third kappa shape index (κ3) is 4.72. The van der Waals surface area contributed by atoms with Gasteiger partial charge in [-0.3, -0.25) is 9.59 Å². The van der Waals surface area contributed by atoms with Crippen LogP contribution in [0.15, 0.2) is 53.3 Å². The summed E-state index contributed by atoms with van der Waals surface area (Å²) in [7, 11) is 3.05. The van der Waals surface area contributed by atoms with E-state index in [0.717, 1.165) is 10.7 Å². The van der Waals surface area contributed by atoms with Crippen LogP contribution in [0.25, 0.3) is 11.3 Å². The van der Waals surface area contributed by atoms with Gasteiger partial charge in [0, 0.05) is 17.3 Å². The molecule has 0 bridgehead atoms. The maximum absolute atomic E-state index is 13.2. The number of amides is 1. The second-order valence-electron chi connectivity index (χ2n) is 5.96. The second-order valence-corrected chi connectivity index (χ2v) is 6.37. The Hall–Kier alpha value is -3.39. The summed E-state index contributed by atoms with van der Waals surface area (Å²) in [5, 5.41) is 6.68. The highest BCUT2D eigenvalue weighted by atomic mass is 35.5. The number of ether oxygens (including phenoxy) is 2. The molecule has 0 aliphatic carbocycles. The number of benzene rings is 2. The molecule has 7 nitrogen and oxygen atoms in total. The van der Waals surface area contributed by atoms with Crippen molar-refractivity contribution in [1.82, 2.24) is 9.78 Å². The fraction of sp³-hybridized carbons (Fsp3) is 0.150. The second kappa shape index (κ2) is 8.74. The summed E-state index contributed by atoms with van der Waals surface area (Å²) < 4.78 is 24.7. The Morgan fingerprint density at radius 1 is 1.10 bits per heavy atom. The first-order valence-electron chi connectivity index (χ1n) is 8.46. The van der Waals surface area contributed by atoms with E-state index in [-0.39, 0.29) is 11.6 Å². The van der Waals surface area contributed by atoms with E-state index in [1.54, 1.807) is 24.3 Å². The van der Waals surface area contributed by atoms with E-state index in [2.05, 4.69) is 10.4 Å². The Morgan fingerprint density at radius 2 is 1.86 bits per heavy atom. The molecule has 0 atom stereocenters. The van der Waals surface area contributed by atoms with Crippen molar-refractivity contribution in [3.05, 3.63) is 69.7 Å². The lowest BCUT2D eigenvalue weighted by atomic mass is 10.1. The van der Waals surface area contributed by atoms with Crippen LogP contribution in [0.2, 0.25) is 5.02 Å². The summed E-state index contributed by atoms with van der Waals surface area (Å²) in [6.45, 7) is -0.324. The van der Waals surface area contributed by atoms with E-state index in [4.69, 9.17) is 21.1 Å². The lowest BCUT2D eigenvalue weighted by Gasteiger charge is -2.11. The molecule has 1 amide bonds. The van der Waals surface area contributed by atoms with Gasteiger partial charge in [0.15, 0.2) is 11.5 Å². The van der Waals surface area contributed by atoms with E-state index in [0.29, 0.717) is 28.4 Å². The molecule has 0 radical (unpaired) electrons. The molecule has 3 rings (SSSR count). The van der Waals surface area contributed by atoms with Crippen LogP contribution in [0.4, 0.5) is 10.1 Å². The van der Waals surface area contributed by atoms with E-state index in [9.17, 15) is 14.0 Å². The zero-order valence-electron chi connectivity index (χ0n) is 15.6. The van der Waals surface area contributed by atoms with Crippen LogP contribution >= 0.6 is 11.6 Å². The molecule has 1 heterocycles. The van der Waals surface area contributed by atoms with E-state index >= 15 is 0 Å². The Balaban J connectivity index is 1.83. The van der Waals surface area contributed by atoms with Gasteiger partial charge in [-0.25, -0.2) is 9.07 Å². The fourth-order valence-corrected chi connectivity index (χ4v) is 2.80. The minimum absolute atomic E-state index is 0.117. The number of carbonyl (C=O) groups excluding carboxylic acids is 1. The van der Waals surface area contributed by atoms with Crippen molar-refractivity contribution in [2.24, 2.45) is 0 Å². The Labute approximate surface area is 170 Å². The van der Waals surface area contributed by atoms with Gasteiger partial charge in [-0.2, -0.15) is 5.10 Å². The molecule has 0 saturated carbocycles. The van der Waals surface area contributed by atoms with Crippen molar-refractivity contribution < 1.29 is 18.7 Å². The molecule has 0 aliphatic rings. The predicted octanol–water partition coefficient (Wildman–Crippen LogP) is 3.36. The Kier molecular flexibility index (Phi) is 6.13. The third-order valence-electron chi connectivity index (χ3n) is 4.04. The molecule has 3 aromatic rings. The number of hydrogen-bond donors (Lipinski definition) is 1. The van der Waals surface area contributed by atoms with Crippen molar-refractivity contribution in [1.29, 1.82) is 0 Å². The molecule has 0 aliphatic heterocycles. The number of rotatable bonds is 6. The van der Waals surface area contributed by atoms with Crippen molar-refractivity contribution in [2.75, 3.05) is 19.5 Å². The van der Waals surface area contributed by atoms with Gasteiger partial charge in [0.1, 0.15) is 12.4 Å². The van der Waals surface area contributed by atoms with E-state index in [1.807, 2.05) is 0 Å². The van der Waals surface area contributed by atoms with Crippen LogP contribution in [-0.2, 0) is 11.3 Å². The monoisotopic (exact) mass is 417 g/mol. The lowest BCUT2D eigenvalue weighted by molar-refractivity contribution is -0.117. The molecule has 9 heteroatoms. The first-order valence-corrected chi connectivity index (χ1v) is 8.84. The normalized spacial score (nSPS) is 10.5. The quantitative estimate of drug-likeness (QED) is 0.665. The Morgan fingerprint density at radius 3 is 2.55 bits per heavy atom. The van der Waals surface area contributed by atoms with Gasteiger partial charge in [-0.15, -0.1) is 0 Å². The molecule has 1 aromatic heterocycles. The average Bonchev–Trinajstić information content (AvgIpc) is 2.71. The van der Waals surface area contributed by atoms with Gasteiger partial charge in [-0.05, 0) is 42.5 Å². The topological polar surface area (TPSA) is 82.5 Å². The highest BCUT2D eigenvalue weighted by molar-refractivity contribution is 6.31. The largest absolute Gasteiger partial charge is 0.493 e. The van der Waals surface area contributed by atoms with Gasteiger partial charge in [0.25, 0.3) is 5.56 Å². The Bertz CT molecular complexity index is 1120. The zero-order chi connectivity index (χ0) is 21.0. The van der Waals surface area contributed by atoms with Gasteiger partial charge >= 0.3 is 0 Å². The van der Waals surface area contributed by atoms with Crippen LogP contribution in [0.3, 0.4) is 0 Å². The molecular formula is C20H17ClFN3O4. The minimum atomic E-state index is -0.592. The molecule has 2 aromatic carbocycles. The van der Waals surface area contributed by atoms with Gasteiger partial charge in [0.05, 0.1) is 24.9 Å². The maximum atomic E-state index is 13.2. The number of nitrogens with one attached hydrogen (secondary N) is 1. The van der Waals surface area contributed by atoms with Crippen molar-refractivity contribution >= 4 is 23.2 Å². The summed E-state index contributed by atoms with van der Waals surface area (Å²) in [4.78, 5) is 24.4. The molecule has 0 fully saturated rings. The van der Waals surface area contributed by atoms with E-state index < -0.39 is 17.3 Å². The van der Waals surface area contributed by atoms with Crippen molar-refractivity contribution in [3.63, 3.8) is 0 Å². The van der Waals surface area contributed by atoms with Crippen LogP contribution < -0.4 is 20.3 Å². The molecule has 0 unspecified atom stereocenters. The van der Waals surface area contributed by atoms with Crippen LogP contribution in [0, 0.1) is 5.82 Å². The predicted molar refractivity (Wildman–Crippen MR) is 107 cm³/mol. The SMILES string of the molecule is COc1ccc(-c2ccc(=O)n(CC(=O)Nc3ccc(F)c(Cl)c3)n2)cc1OC. The molecule has 1 N–H and O–H groups in total. The summed E-state index contributed by atoms with van der Waals surface area (Å²) in [6.07, 6.45) is 0. The first-order chi connectivity index (χ1) is 13.9. The highest BCUT2D eigenvalue weighted by Gasteiger charge is 2.11. The molecular weight excluding hydrogens is 401 g/mol. The summed E-state index contributed by atoms with van der Waals surface area (Å²) >= 11 is 5.70. The van der Waals surface area contributed by atoms with Gasteiger partial charge in [-0.1, -0.05) is 11.6 Å². The number of hydrogen-bond acceptors (Lipinski definition) is 5. The van der Waals surface area contributed by atoms with Crippen LogP contribution in [-0.4, -0.2) is 29.9 Å². The number of anilines is 1. The summed E-state index contributed by atoms with van der Waals surface area (Å²) in [5.41, 5.74) is 1.03. The van der Waals surface area contributed by atoms with Crippen LogP contribution in [0.5, 0.6) is 11.5 Å². The van der Waals surface area contributed by atoms with Gasteiger partial charge in [0.2, 0.25) is 5.91 Å². The minimum Gasteiger partial charge on any atom is -0.493 e. The molecule has 0 spiro atoms. The number of halogens is 2. The average molecular weight is 418 g/mol. The first kappa shape index (κ1) is 20.3. The number of nitrogens with zero attached hydrogens (tertiary/aromatic N) is 2. The third-order valence-corrected chi connectivity index (χ3v) is 4.33. The van der Waals surface area contributed by atoms with Gasteiger partial charge < -0.3 is 14.8 Å². The smallest absolute Gasteiger partial charge is 0.267 e. The standard InChI is InChI=1S/C20H17ClFN3O4/c1-28-17-7-3-12(9-18(17)29-2)16-6-8-20(27)25(24-16)11-19(26)23-13-4-5-15(22)14(21)10-13/h3-10H,11H2,1-2H3,(H,23,26). The number of carbonyl (C=O) groups is 1. The zero-order valence-corrected chi connectivity index (χ0v) is 16.4. The van der Waals surface area contributed by atoms with E-state index in [1.165, 1.54) is 32.4 Å². The number of aromatic nitrogens is 2. The maximum Gasteiger partial charge on any atom is 0.267 e. The summed E-state index contributed by atoms with van der Waals surface area (Å²) in [6, 6.07) is 11.9. The van der Waals surface area contributed by atoms with Crippen molar-refractivity contribution in [2.45, 2.75) is 6.54 Å².